The number of aliphatic hydroxyl groups is 1. The Labute approximate surface area is 212 Å². The lowest BCUT2D eigenvalue weighted by Gasteiger charge is -2.62. The molecule has 1 aliphatic heterocycles. The fourth-order valence-corrected chi connectivity index (χ4v) is 9.89. The van der Waals surface area contributed by atoms with Gasteiger partial charge < -0.3 is 9.84 Å². The SMILES string of the molecule is C#CCCCCOC(=O)CC[C@@H](C)[C@H]1CCC2C3CC4(NN4)[C@H]4C[C@H](O)CC[C@]4(C)C3CC[C@@]21C. The summed E-state index contributed by atoms with van der Waals surface area (Å²) < 4.78 is 5.46. The number of rotatable bonds is 8. The minimum Gasteiger partial charge on any atom is -0.466 e. The lowest BCUT2D eigenvalue weighted by Crippen LogP contribution is -2.61. The van der Waals surface area contributed by atoms with Gasteiger partial charge in [0.25, 0.3) is 0 Å². The molecule has 0 aromatic heterocycles. The van der Waals surface area contributed by atoms with Crippen LogP contribution in [-0.2, 0) is 9.53 Å². The van der Waals surface area contributed by atoms with Crippen LogP contribution in [0.3, 0.4) is 0 Å². The molecular weight excluding hydrogens is 436 g/mol. The van der Waals surface area contributed by atoms with Gasteiger partial charge in [-0.2, -0.15) is 0 Å². The Morgan fingerprint density at radius 3 is 2.60 bits per heavy atom. The van der Waals surface area contributed by atoms with Crippen molar-refractivity contribution in [1.82, 2.24) is 10.9 Å². The molecule has 196 valence electrons. The monoisotopic (exact) mass is 484 g/mol. The summed E-state index contributed by atoms with van der Waals surface area (Å²) in [4.78, 5) is 12.3. The Kier molecular flexibility index (Phi) is 7.05. The number of esters is 1. The van der Waals surface area contributed by atoms with Crippen LogP contribution in [0.2, 0.25) is 0 Å². The number of aliphatic hydroxyl groups excluding tert-OH is 1. The lowest BCUT2D eigenvalue weighted by molar-refractivity contribution is -0.147. The molecule has 5 rings (SSSR count). The molecule has 0 amide bonds. The number of carbonyl (C=O) groups is 1. The molecule has 0 bridgehead atoms. The number of hydrogen-bond donors (Lipinski definition) is 3. The number of fused-ring (bicyclic) bond motifs is 6. The zero-order valence-electron chi connectivity index (χ0n) is 22.3. The summed E-state index contributed by atoms with van der Waals surface area (Å²) in [6.07, 6.45) is 18.8. The Balaban J connectivity index is 1.21. The van der Waals surface area contributed by atoms with E-state index in [0.29, 0.717) is 41.6 Å². The first-order chi connectivity index (χ1) is 16.7. The highest BCUT2D eigenvalue weighted by Crippen LogP contribution is 2.70. The van der Waals surface area contributed by atoms with Crippen molar-refractivity contribution in [3.8, 4) is 12.3 Å². The van der Waals surface area contributed by atoms with Crippen LogP contribution in [0, 0.1) is 58.7 Å². The molecule has 0 radical (unpaired) electrons. The van der Waals surface area contributed by atoms with Crippen molar-refractivity contribution in [3.05, 3.63) is 0 Å². The van der Waals surface area contributed by atoms with Crippen molar-refractivity contribution in [1.29, 1.82) is 0 Å². The molecule has 1 heterocycles. The third-order valence-corrected chi connectivity index (χ3v) is 11.7. The third kappa shape index (κ3) is 4.47. The minimum absolute atomic E-state index is 0.0421. The zero-order chi connectivity index (χ0) is 24.8. The normalized spacial score (nSPS) is 44.0. The number of terminal acetylenes is 1. The molecule has 1 spiro atoms. The average molecular weight is 485 g/mol. The van der Waals surface area contributed by atoms with Gasteiger partial charge in [-0.15, -0.1) is 12.3 Å². The van der Waals surface area contributed by atoms with Gasteiger partial charge in [-0.3, -0.25) is 4.79 Å². The van der Waals surface area contributed by atoms with E-state index in [0.717, 1.165) is 56.3 Å². The van der Waals surface area contributed by atoms with Crippen molar-refractivity contribution in [2.45, 2.75) is 116 Å². The van der Waals surface area contributed by atoms with Gasteiger partial charge in [0.15, 0.2) is 0 Å². The second-order valence-electron chi connectivity index (χ2n) is 13.4. The molecule has 5 aliphatic rings. The largest absolute Gasteiger partial charge is 0.466 e. The number of carbonyl (C=O) groups excluding carboxylic acids is 1. The van der Waals surface area contributed by atoms with Crippen LogP contribution >= 0.6 is 0 Å². The van der Waals surface area contributed by atoms with Crippen molar-refractivity contribution in [2.75, 3.05) is 6.61 Å². The maximum absolute atomic E-state index is 12.3. The molecule has 5 heteroatoms. The Hall–Kier alpha value is -1.09. The first-order valence-electron chi connectivity index (χ1n) is 14.5. The predicted octanol–water partition coefficient (Wildman–Crippen LogP) is 5.18. The van der Waals surface area contributed by atoms with E-state index in [-0.39, 0.29) is 17.7 Å². The van der Waals surface area contributed by atoms with Gasteiger partial charge in [-0.1, -0.05) is 20.8 Å². The quantitative estimate of drug-likeness (QED) is 0.191. The number of nitrogens with one attached hydrogen (secondary N) is 2. The third-order valence-electron chi connectivity index (χ3n) is 11.7. The maximum Gasteiger partial charge on any atom is 0.305 e. The number of unbranched alkanes of at least 4 members (excludes halogenated alkanes) is 2. The Morgan fingerprint density at radius 2 is 1.86 bits per heavy atom. The molecule has 5 nitrogen and oxygen atoms in total. The molecule has 9 atom stereocenters. The van der Waals surface area contributed by atoms with E-state index < -0.39 is 0 Å². The fourth-order valence-electron chi connectivity index (χ4n) is 9.89. The van der Waals surface area contributed by atoms with E-state index in [1.54, 1.807) is 0 Å². The number of ether oxygens (including phenoxy) is 1. The van der Waals surface area contributed by atoms with Crippen LogP contribution in [0.25, 0.3) is 0 Å². The van der Waals surface area contributed by atoms with Crippen molar-refractivity contribution < 1.29 is 14.6 Å². The summed E-state index contributed by atoms with van der Waals surface area (Å²) in [5.74, 6) is 6.72. The molecule has 4 aliphatic carbocycles. The highest BCUT2D eigenvalue weighted by atomic mass is 16.5. The summed E-state index contributed by atoms with van der Waals surface area (Å²) in [6, 6.07) is 0. The lowest BCUT2D eigenvalue weighted by atomic mass is 9.42. The first kappa shape index (κ1) is 25.6. The van der Waals surface area contributed by atoms with Crippen LogP contribution in [0.4, 0.5) is 0 Å². The molecule has 4 saturated carbocycles. The summed E-state index contributed by atoms with van der Waals surface area (Å²) in [5, 5.41) is 10.5. The van der Waals surface area contributed by atoms with Crippen molar-refractivity contribution in [2.24, 2.45) is 46.3 Å². The van der Waals surface area contributed by atoms with Crippen LogP contribution < -0.4 is 10.9 Å². The smallest absolute Gasteiger partial charge is 0.305 e. The predicted molar refractivity (Wildman–Crippen MR) is 138 cm³/mol. The Morgan fingerprint density at radius 1 is 1.11 bits per heavy atom. The number of hydrazine groups is 1. The van der Waals surface area contributed by atoms with Crippen LogP contribution in [0.5, 0.6) is 0 Å². The molecule has 0 aromatic rings. The van der Waals surface area contributed by atoms with Gasteiger partial charge in [-0.25, -0.2) is 10.9 Å². The standard InChI is InChI=1S/C30H48N2O3/c1-5-6-7-8-17-35-27(34)12-9-20(2)23-10-11-24-22-19-30(31-32-30)26-18-21(33)13-15-29(26,4)25(22)14-16-28(23,24)3/h1,20-26,31-33H,6-19H2,2-4H3/t20-,21-,22?,23-,24?,25?,26+,28-,29-/m1/s1. The summed E-state index contributed by atoms with van der Waals surface area (Å²) in [5.41, 5.74) is 7.95. The fraction of sp³-hybridized carbons (Fsp3) is 0.900. The van der Waals surface area contributed by atoms with Crippen LogP contribution in [0.15, 0.2) is 0 Å². The van der Waals surface area contributed by atoms with Crippen molar-refractivity contribution >= 4 is 5.97 Å². The molecular formula is C30H48N2O3. The van der Waals surface area contributed by atoms with Crippen LogP contribution in [0.1, 0.15) is 104 Å². The van der Waals surface area contributed by atoms with E-state index in [9.17, 15) is 9.90 Å². The second-order valence-corrected chi connectivity index (χ2v) is 13.4. The van der Waals surface area contributed by atoms with Gasteiger partial charge in [0.05, 0.1) is 18.4 Å². The second kappa shape index (κ2) is 9.66. The average Bonchev–Trinajstić information content (AvgIpc) is 3.50. The molecule has 35 heavy (non-hydrogen) atoms. The van der Waals surface area contributed by atoms with Crippen molar-refractivity contribution in [3.63, 3.8) is 0 Å². The highest BCUT2D eigenvalue weighted by Gasteiger charge is 2.69. The Bertz CT molecular complexity index is 834. The highest BCUT2D eigenvalue weighted by molar-refractivity contribution is 5.69. The molecule has 1 saturated heterocycles. The summed E-state index contributed by atoms with van der Waals surface area (Å²) in [7, 11) is 0. The van der Waals surface area contributed by atoms with Gasteiger partial charge in [0.1, 0.15) is 0 Å². The summed E-state index contributed by atoms with van der Waals surface area (Å²) in [6.45, 7) is 8.03. The topological polar surface area (TPSA) is 90.4 Å². The van der Waals surface area contributed by atoms with E-state index in [1.807, 2.05) is 0 Å². The van der Waals surface area contributed by atoms with Gasteiger partial charge in [0.2, 0.25) is 0 Å². The van der Waals surface area contributed by atoms with Gasteiger partial charge >= 0.3 is 5.97 Å². The zero-order valence-corrected chi connectivity index (χ0v) is 22.3. The molecule has 3 N–H and O–H groups in total. The van der Waals surface area contributed by atoms with Crippen LogP contribution in [-0.4, -0.2) is 29.4 Å². The van der Waals surface area contributed by atoms with Gasteiger partial charge in [0, 0.05) is 18.8 Å². The molecule has 0 aromatic carbocycles. The molecule has 3 unspecified atom stereocenters. The molecule has 5 fully saturated rings. The number of hydrogen-bond acceptors (Lipinski definition) is 5. The summed E-state index contributed by atoms with van der Waals surface area (Å²) >= 11 is 0. The van der Waals surface area contributed by atoms with E-state index >= 15 is 0 Å². The van der Waals surface area contributed by atoms with E-state index in [4.69, 9.17) is 11.2 Å². The minimum atomic E-state index is -0.133. The van der Waals surface area contributed by atoms with E-state index in [2.05, 4.69) is 37.5 Å². The maximum atomic E-state index is 12.3. The first-order valence-corrected chi connectivity index (χ1v) is 14.5. The van der Waals surface area contributed by atoms with Gasteiger partial charge in [-0.05, 0) is 111 Å². The van der Waals surface area contributed by atoms with E-state index in [1.165, 1.54) is 38.5 Å².